The fourth-order valence-electron chi connectivity index (χ4n) is 1.12. The summed E-state index contributed by atoms with van der Waals surface area (Å²) in [6, 6.07) is 6.71. The Kier molecular flexibility index (Phi) is 5.12. The summed E-state index contributed by atoms with van der Waals surface area (Å²) in [5.41, 5.74) is 0.157. The Morgan fingerprint density at radius 3 is 2.75 bits per heavy atom. The van der Waals surface area contributed by atoms with Gasteiger partial charge in [-0.05, 0) is 30.0 Å². The van der Waals surface area contributed by atoms with Gasteiger partial charge in [-0.15, -0.1) is 11.8 Å². The molecule has 0 fully saturated rings. The summed E-state index contributed by atoms with van der Waals surface area (Å²) >= 11 is 6.77. The number of thioether (sulfide) groups is 1. The summed E-state index contributed by atoms with van der Waals surface area (Å²) < 4.78 is 5.37. The van der Waals surface area contributed by atoms with Crippen LogP contribution in [-0.4, -0.2) is 23.4 Å². The highest BCUT2D eigenvalue weighted by Crippen LogP contribution is 2.26. The molecule has 0 aliphatic carbocycles. The molecule has 0 amide bonds. The third-order valence-electron chi connectivity index (χ3n) is 1.79. The molecule has 0 N–H and O–H groups in total. The van der Waals surface area contributed by atoms with Gasteiger partial charge in [-0.1, -0.05) is 12.1 Å². The highest BCUT2D eigenvalue weighted by Gasteiger charge is 2.15. The first-order valence-electron chi connectivity index (χ1n) is 4.36. The molecule has 0 aromatic heterocycles. The molecule has 3 nitrogen and oxygen atoms in total. The molecule has 0 saturated carbocycles. The lowest BCUT2D eigenvalue weighted by Crippen LogP contribution is -2.00. The van der Waals surface area contributed by atoms with Crippen LogP contribution in [0.5, 0.6) is 5.75 Å². The molecule has 0 spiro atoms. The molecule has 5 heteroatoms. The fraction of sp³-hybridized carbons (Fsp3) is 0.182. The summed E-state index contributed by atoms with van der Waals surface area (Å²) in [5, 5.41) is -0.838. The highest BCUT2D eigenvalue weighted by atomic mass is 35.5. The summed E-state index contributed by atoms with van der Waals surface area (Å²) in [4.78, 5) is 21.7. The monoisotopic (exact) mass is 256 g/mol. The van der Waals surface area contributed by atoms with E-state index in [0.29, 0.717) is 17.3 Å². The predicted molar refractivity (Wildman–Crippen MR) is 65.4 cm³/mol. The Morgan fingerprint density at radius 1 is 1.50 bits per heavy atom. The molecule has 1 aromatic rings. The van der Waals surface area contributed by atoms with E-state index in [0.717, 1.165) is 0 Å². The lowest BCUT2D eigenvalue weighted by atomic mass is 10.1. The number of halogens is 1. The molecule has 16 heavy (non-hydrogen) atoms. The number of carbonyl (C=O) groups excluding carboxylic acids is 2. The summed E-state index contributed by atoms with van der Waals surface area (Å²) in [6.45, 7) is 0. The molecule has 0 unspecified atom stereocenters. The number of carbonyl (C=O) groups is 1. The molecule has 0 aliphatic rings. The van der Waals surface area contributed by atoms with Crippen LogP contribution in [-0.2, 0) is 9.59 Å². The smallest absolute Gasteiger partial charge is 0.264 e. The molecule has 0 atom stereocenters. The van der Waals surface area contributed by atoms with Gasteiger partial charge in [0.2, 0.25) is 0 Å². The van der Waals surface area contributed by atoms with Crippen LogP contribution in [0, 0.1) is 0 Å². The molecule has 0 radical (unpaired) electrons. The zero-order valence-electron chi connectivity index (χ0n) is 8.53. The Hall–Kier alpha value is -1.22. The number of para-hydroxylation sites is 1. The van der Waals surface area contributed by atoms with Crippen molar-refractivity contribution < 1.29 is 14.3 Å². The van der Waals surface area contributed by atoms with Crippen molar-refractivity contribution in [2.24, 2.45) is 0 Å². The third-order valence-corrected chi connectivity index (χ3v) is 2.33. The second-order valence-corrected chi connectivity index (χ2v) is 3.95. The number of hydrogen-bond acceptors (Lipinski definition) is 4. The van der Waals surface area contributed by atoms with E-state index < -0.39 is 5.24 Å². The number of rotatable bonds is 5. The van der Waals surface area contributed by atoms with E-state index in [1.807, 2.05) is 6.26 Å². The van der Waals surface area contributed by atoms with Crippen molar-refractivity contribution >= 4 is 40.1 Å². The van der Waals surface area contributed by atoms with Crippen molar-refractivity contribution in [2.75, 3.05) is 12.2 Å². The maximum absolute atomic E-state index is 11.0. The standard InChI is InChI=1S/C11H9ClO3S/c1-16-7-15-10-5-3-2-4-8(10)9(6-13)11(12)14/h2-5H,7H2,1H3. The average molecular weight is 257 g/mol. The van der Waals surface area contributed by atoms with E-state index >= 15 is 0 Å². The zero-order valence-corrected chi connectivity index (χ0v) is 10.1. The van der Waals surface area contributed by atoms with Gasteiger partial charge < -0.3 is 4.74 Å². The van der Waals surface area contributed by atoms with E-state index in [1.54, 1.807) is 24.3 Å². The highest BCUT2D eigenvalue weighted by molar-refractivity contribution is 7.98. The quantitative estimate of drug-likeness (QED) is 0.351. The Morgan fingerprint density at radius 2 is 2.19 bits per heavy atom. The van der Waals surface area contributed by atoms with E-state index in [4.69, 9.17) is 16.3 Å². The molecule has 1 rings (SSSR count). The average Bonchev–Trinajstić information content (AvgIpc) is 2.28. The molecule has 0 aliphatic heterocycles. The molecule has 0 bridgehead atoms. The summed E-state index contributed by atoms with van der Waals surface area (Å²) in [5.74, 6) is 2.41. The first kappa shape index (κ1) is 12.8. The van der Waals surface area contributed by atoms with Gasteiger partial charge in [-0.3, -0.25) is 4.79 Å². The van der Waals surface area contributed by atoms with Crippen molar-refractivity contribution in [3.63, 3.8) is 0 Å². The number of benzene rings is 1. The van der Waals surface area contributed by atoms with Crippen LogP contribution >= 0.6 is 23.4 Å². The largest absolute Gasteiger partial charge is 0.482 e. The number of ether oxygens (including phenoxy) is 1. The van der Waals surface area contributed by atoms with Crippen LogP contribution in [0.15, 0.2) is 24.3 Å². The van der Waals surface area contributed by atoms with Crippen molar-refractivity contribution in [3.05, 3.63) is 29.8 Å². The van der Waals surface area contributed by atoms with Gasteiger partial charge in [0, 0.05) is 5.56 Å². The number of allylic oxidation sites excluding steroid dienone is 1. The first-order chi connectivity index (χ1) is 7.70. The van der Waals surface area contributed by atoms with Crippen molar-refractivity contribution in [2.45, 2.75) is 0 Å². The maximum atomic E-state index is 11.0. The Balaban J connectivity index is 3.12. The van der Waals surface area contributed by atoms with Gasteiger partial charge in [-0.2, -0.15) is 0 Å². The van der Waals surface area contributed by atoms with Crippen LogP contribution in [0.4, 0.5) is 0 Å². The van der Waals surface area contributed by atoms with Gasteiger partial charge in [-0.25, -0.2) is 4.79 Å². The van der Waals surface area contributed by atoms with Crippen LogP contribution in [0.2, 0.25) is 0 Å². The minimum absolute atomic E-state index is 0.210. The van der Waals surface area contributed by atoms with Crippen LogP contribution in [0.25, 0.3) is 5.57 Å². The van der Waals surface area contributed by atoms with Gasteiger partial charge in [0.1, 0.15) is 23.2 Å². The van der Waals surface area contributed by atoms with Crippen molar-refractivity contribution in [3.8, 4) is 5.75 Å². The van der Waals surface area contributed by atoms with E-state index in [2.05, 4.69) is 0 Å². The minimum atomic E-state index is -0.838. The normalized spacial score (nSPS) is 9.38. The van der Waals surface area contributed by atoms with Crippen molar-refractivity contribution in [1.82, 2.24) is 0 Å². The second kappa shape index (κ2) is 6.38. The fourth-order valence-corrected chi connectivity index (χ4v) is 1.51. The number of hydrogen-bond donors (Lipinski definition) is 0. The zero-order chi connectivity index (χ0) is 12.0. The molecule has 1 aromatic carbocycles. The Bertz CT molecular complexity index is 439. The molecule has 0 heterocycles. The molecule has 0 saturated heterocycles. The van der Waals surface area contributed by atoms with E-state index in [1.165, 1.54) is 17.7 Å². The topological polar surface area (TPSA) is 43.4 Å². The second-order valence-electron chi connectivity index (χ2n) is 2.80. The first-order valence-corrected chi connectivity index (χ1v) is 6.14. The van der Waals surface area contributed by atoms with Gasteiger partial charge in [0.15, 0.2) is 0 Å². The van der Waals surface area contributed by atoms with E-state index in [9.17, 15) is 9.59 Å². The van der Waals surface area contributed by atoms with Crippen molar-refractivity contribution in [1.29, 1.82) is 0 Å². The van der Waals surface area contributed by atoms with E-state index in [-0.39, 0.29) is 5.57 Å². The molecule has 84 valence electrons. The van der Waals surface area contributed by atoms with Gasteiger partial charge in [0.05, 0.1) is 0 Å². The lowest BCUT2D eigenvalue weighted by molar-refractivity contribution is -0.106. The minimum Gasteiger partial charge on any atom is -0.482 e. The third kappa shape index (κ3) is 3.14. The lowest BCUT2D eigenvalue weighted by Gasteiger charge is -2.08. The molecular weight excluding hydrogens is 248 g/mol. The van der Waals surface area contributed by atoms with Crippen LogP contribution in [0.3, 0.4) is 0 Å². The summed E-state index contributed by atoms with van der Waals surface area (Å²) in [6.07, 6.45) is 1.88. The van der Waals surface area contributed by atoms with Gasteiger partial charge >= 0.3 is 0 Å². The predicted octanol–water partition coefficient (Wildman–Crippen LogP) is 2.37. The molecular formula is C11H9ClO3S. The summed E-state index contributed by atoms with van der Waals surface area (Å²) in [7, 11) is 0. The van der Waals surface area contributed by atoms with Crippen LogP contribution in [0.1, 0.15) is 5.56 Å². The van der Waals surface area contributed by atoms with Crippen LogP contribution < -0.4 is 4.74 Å². The Labute approximate surface area is 102 Å². The van der Waals surface area contributed by atoms with Gasteiger partial charge in [0.25, 0.3) is 5.24 Å². The SMILES string of the molecule is CSCOc1ccccc1C(=C=O)C(=O)Cl. The maximum Gasteiger partial charge on any atom is 0.264 e.